The number of aliphatic hydroxyl groups excluding tert-OH is 3. The molecule has 5 nitrogen and oxygen atoms in total. The summed E-state index contributed by atoms with van der Waals surface area (Å²) in [5.74, 6) is 0.0765. The Morgan fingerprint density at radius 2 is 1.62 bits per heavy atom. The van der Waals surface area contributed by atoms with Crippen molar-refractivity contribution in [2.24, 2.45) is 23.7 Å². The van der Waals surface area contributed by atoms with Crippen LogP contribution >= 0.6 is 0 Å². The summed E-state index contributed by atoms with van der Waals surface area (Å²) in [5, 5.41) is 29.8. The fraction of sp³-hybridized carbons (Fsp3) is 0.938. The third-order valence-electron chi connectivity index (χ3n) is 5.75. The molecule has 1 saturated heterocycles. The molecule has 1 heterocycles. The normalized spacial score (nSPS) is 51.5. The third kappa shape index (κ3) is 2.89. The molecule has 3 fully saturated rings. The Hall–Kier alpha value is -0.490. The summed E-state index contributed by atoms with van der Waals surface area (Å²) in [5.41, 5.74) is 0. The molecule has 2 aliphatic carbocycles. The fourth-order valence-electron chi connectivity index (χ4n) is 4.34. The first-order chi connectivity index (χ1) is 9.97. The van der Waals surface area contributed by atoms with E-state index in [0.29, 0.717) is 5.92 Å². The zero-order valence-electron chi connectivity index (χ0n) is 12.5. The van der Waals surface area contributed by atoms with Gasteiger partial charge in [-0.15, -0.1) is 0 Å². The van der Waals surface area contributed by atoms with Gasteiger partial charge in [0.1, 0.15) is 5.78 Å². The molecular formula is C16H26O5. The molecule has 0 amide bonds. The summed E-state index contributed by atoms with van der Waals surface area (Å²) in [6.45, 7) is 2.22. The molecule has 0 aromatic rings. The van der Waals surface area contributed by atoms with Crippen LogP contribution in [0.25, 0.3) is 0 Å². The molecule has 1 aliphatic heterocycles. The van der Waals surface area contributed by atoms with Gasteiger partial charge in [0, 0.05) is 12.3 Å². The maximum absolute atomic E-state index is 12.8. The smallest absolute Gasteiger partial charge is 0.164 e. The molecule has 0 spiro atoms. The van der Waals surface area contributed by atoms with Crippen LogP contribution in [0.3, 0.4) is 0 Å². The number of ketones is 1. The van der Waals surface area contributed by atoms with E-state index in [1.54, 1.807) is 0 Å². The number of fused-ring (bicyclic) bond motifs is 1. The van der Waals surface area contributed by atoms with Gasteiger partial charge in [-0.2, -0.15) is 0 Å². The second kappa shape index (κ2) is 5.95. The maximum atomic E-state index is 12.8. The van der Waals surface area contributed by atoms with E-state index in [4.69, 9.17) is 4.74 Å². The molecule has 0 radical (unpaired) electrons. The van der Waals surface area contributed by atoms with Crippen LogP contribution in [-0.2, 0) is 9.53 Å². The van der Waals surface area contributed by atoms with Crippen molar-refractivity contribution >= 4 is 5.78 Å². The van der Waals surface area contributed by atoms with Crippen LogP contribution in [-0.4, -0.2) is 45.7 Å². The molecule has 6 atom stereocenters. The number of ether oxygens (including phenoxy) is 1. The fourth-order valence-corrected chi connectivity index (χ4v) is 4.34. The van der Waals surface area contributed by atoms with E-state index in [9.17, 15) is 20.1 Å². The lowest BCUT2D eigenvalue weighted by atomic mass is 9.68. The first-order valence-corrected chi connectivity index (χ1v) is 8.20. The average Bonchev–Trinajstić information content (AvgIpc) is 2.43. The minimum Gasteiger partial charge on any atom is -0.390 e. The van der Waals surface area contributed by atoms with Crippen LogP contribution in [0.1, 0.15) is 45.4 Å². The number of hydrogen-bond donors (Lipinski definition) is 3. The van der Waals surface area contributed by atoms with Crippen LogP contribution in [0.15, 0.2) is 0 Å². The lowest BCUT2D eigenvalue weighted by molar-refractivity contribution is -0.235. The van der Waals surface area contributed by atoms with Gasteiger partial charge in [0.2, 0.25) is 0 Å². The molecule has 3 aliphatic rings. The highest BCUT2D eigenvalue weighted by atomic mass is 16.6. The Morgan fingerprint density at radius 1 is 1.00 bits per heavy atom. The zero-order chi connectivity index (χ0) is 15.1. The summed E-state index contributed by atoms with van der Waals surface area (Å²) in [6, 6.07) is 0. The van der Waals surface area contributed by atoms with Gasteiger partial charge in [0.25, 0.3) is 0 Å². The van der Waals surface area contributed by atoms with Crippen molar-refractivity contribution in [3.8, 4) is 0 Å². The highest BCUT2D eigenvalue weighted by Crippen LogP contribution is 2.43. The molecule has 6 unspecified atom stereocenters. The van der Waals surface area contributed by atoms with E-state index in [-0.39, 0.29) is 30.5 Å². The molecule has 5 heteroatoms. The predicted molar refractivity (Wildman–Crippen MR) is 75.2 cm³/mol. The number of carbonyl (C=O) groups excluding carboxylic acids is 1. The van der Waals surface area contributed by atoms with E-state index < -0.39 is 30.5 Å². The highest BCUT2D eigenvalue weighted by molar-refractivity contribution is 5.85. The summed E-state index contributed by atoms with van der Waals surface area (Å²) in [4.78, 5) is 12.8. The molecule has 0 aromatic heterocycles. The standard InChI is InChI=1S/C16H26O5/c1-8-2-4-9(5-3-8)14-15(19)10-6-11(17)12(18)7-13(10)21-16(14)20/h8-14,16-18,20H,2-7H2,1H3. The number of carbonyl (C=O) groups is 1. The number of hydrogen-bond acceptors (Lipinski definition) is 5. The first kappa shape index (κ1) is 15.4. The predicted octanol–water partition coefficient (Wildman–Crippen LogP) is 0.847. The van der Waals surface area contributed by atoms with Gasteiger partial charge in [0.15, 0.2) is 6.29 Å². The van der Waals surface area contributed by atoms with Crippen molar-refractivity contribution < 1.29 is 24.9 Å². The Labute approximate surface area is 125 Å². The van der Waals surface area contributed by atoms with Gasteiger partial charge in [-0.3, -0.25) is 4.79 Å². The molecule has 120 valence electrons. The van der Waals surface area contributed by atoms with Crippen LogP contribution in [0, 0.1) is 23.7 Å². The Morgan fingerprint density at radius 3 is 2.29 bits per heavy atom. The molecule has 2 saturated carbocycles. The van der Waals surface area contributed by atoms with Gasteiger partial charge in [-0.05, 0) is 31.1 Å². The number of rotatable bonds is 1. The Bertz CT molecular complexity index is 390. The largest absolute Gasteiger partial charge is 0.390 e. The average molecular weight is 298 g/mol. The van der Waals surface area contributed by atoms with Crippen molar-refractivity contribution in [1.29, 1.82) is 0 Å². The molecule has 3 rings (SSSR count). The van der Waals surface area contributed by atoms with E-state index in [0.717, 1.165) is 25.7 Å². The Kier molecular flexibility index (Phi) is 4.37. The van der Waals surface area contributed by atoms with E-state index >= 15 is 0 Å². The first-order valence-electron chi connectivity index (χ1n) is 8.20. The zero-order valence-corrected chi connectivity index (χ0v) is 12.5. The molecular weight excluding hydrogens is 272 g/mol. The Balaban J connectivity index is 1.73. The summed E-state index contributed by atoms with van der Waals surface area (Å²) < 4.78 is 5.64. The van der Waals surface area contributed by atoms with Gasteiger partial charge in [-0.1, -0.05) is 19.8 Å². The SMILES string of the molecule is CC1CCC(C2C(=O)C3CC(O)C(O)CC3OC2O)CC1. The van der Waals surface area contributed by atoms with E-state index in [2.05, 4.69) is 6.92 Å². The third-order valence-corrected chi connectivity index (χ3v) is 5.75. The van der Waals surface area contributed by atoms with Gasteiger partial charge >= 0.3 is 0 Å². The highest BCUT2D eigenvalue weighted by Gasteiger charge is 2.51. The van der Waals surface area contributed by atoms with Crippen molar-refractivity contribution in [2.45, 2.75) is 70.1 Å². The van der Waals surface area contributed by atoms with Crippen LogP contribution < -0.4 is 0 Å². The van der Waals surface area contributed by atoms with Crippen LogP contribution in [0.4, 0.5) is 0 Å². The molecule has 21 heavy (non-hydrogen) atoms. The van der Waals surface area contributed by atoms with E-state index in [1.165, 1.54) is 0 Å². The topological polar surface area (TPSA) is 87.0 Å². The van der Waals surface area contributed by atoms with Crippen molar-refractivity contribution in [2.75, 3.05) is 0 Å². The minimum absolute atomic E-state index is 0.0317. The number of Topliss-reactive ketones (excluding diaryl/α,β-unsaturated/α-hetero) is 1. The second-order valence-corrected chi connectivity index (χ2v) is 7.23. The molecule has 0 aromatic carbocycles. The lowest BCUT2D eigenvalue weighted by Gasteiger charge is -2.46. The summed E-state index contributed by atoms with van der Waals surface area (Å²) in [7, 11) is 0. The summed E-state index contributed by atoms with van der Waals surface area (Å²) >= 11 is 0. The van der Waals surface area contributed by atoms with Crippen molar-refractivity contribution in [1.82, 2.24) is 0 Å². The minimum atomic E-state index is -1.06. The maximum Gasteiger partial charge on any atom is 0.164 e. The van der Waals surface area contributed by atoms with Gasteiger partial charge < -0.3 is 20.1 Å². The lowest BCUT2D eigenvalue weighted by Crippen LogP contribution is -2.56. The summed E-state index contributed by atoms with van der Waals surface area (Å²) in [6.07, 6.45) is 1.35. The molecule has 0 bridgehead atoms. The number of aliphatic hydroxyl groups is 3. The van der Waals surface area contributed by atoms with Crippen LogP contribution in [0.2, 0.25) is 0 Å². The van der Waals surface area contributed by atoms with Gasteiger partial charge in [-0.25, -0.2) is 0 Å². The van der Waals surface area contributed by atoms with Crippen molar-refractivity contribution in [3.05, 3.63) is 0 Å². The van der Waals surface area contributed by atoms with Crippen molar-refractivity contribution in [3.63, 3.8) is 0 Å². The quantitative estimate of drug-likeness (QED) is 0.668. The van der Waals surface area contributed by atoms with Gasteiger partial charge in [0.05, 0.1) is 24.2 Å². The monoisotopic (exact) mass is 298 g/mol. The molecule has 3 N–H and O–H groups in total. The second-order valence-electron chi connectivity index (χ2n) is 7.23. The van der Waals surface area contributed by atoms with E-state index in [1.807, 2.05) is 0 Å². The van der Waals surface area contributed by atoms with Crippen LogP contribution in [0.5, 0.6) is 0 Å².